The summed E-state index contributed by atoms with van der Waals surface area (Å²) in [5.74, 6) is 0. The first-order chi connectivity index (χ1) is 6.65. The number of thioether (sulfide) groups is 1. The maximum Gasteiger partial charge on any atom is 0.0201 e. The molecule has 0 fully saturated rings. The Morgan fingerprint density at radius 2 is 1.79 bits per heavy atom. The molecule has 0 aliphatic carbocycles. The smallest absolute Gasteiger partial charge is 0.0201 e. The summed E-state index contributed by atoms with van der Waals surface area (Å²) in [5.41, 5.74) is 0. The summed E-state index contributed by atoms with van der Waals surface area (Å²) >= 11 is 2.13. The van der Waals surface area contributed by atoms with E-state index in [9.17, 15) is 0 Å². The van der Waals surface area contributed by atoms with Crippen molar-refractivity contribution in [2.45, 2.75) is 70.4 Å². The molecular formula is C12H27NS. The van der Waals surface area contributed by atoms with E-state index in [4.69, 9.17) is 0 Å². The highest BCUT2D eigenvalue weighted by Crippen LogP contribution is 2.25. The van der Waals surface area contributed by atoms with E-state index < -0.39 is 0 Å². The van der Waals surface area contributed by atoms with Crippen LogP contribution in [-0.4, -0.2) is 23.1 Å². The van der Waals surface area contributed by atoms with Crippen LogP contribution in [0.3, 0.4) is 0 Å². The molecule has 0 aromatic rings. The van der Waals surface area contributed by atoms with Crippen LogP contribution in [0.15, 0.2) is 0 Å². The lowest BCUT2D eigenvalue weighted by molar-refractivity contribution is 0.465. The Balaban J connectivity index is 4.10. The van der Waals surface area contributed by atoms with E-state index >= 15 is 0 Å². The summed E-state index contributed by atoms with van der Waals surface area (Å²) in [7, 11) is 0. The Labute approximate surface area is 94.4 Å². The van der Waals surface area contributed by atoms with Crippen molar-refractivity contribution in [2.75, 3.05) is 6.54 Å². The number of nitrogens with one attached hydrogen (secondary N) is 1. The van der Waals surface area contributed by atoms with Gasteiger partial charge in [-0.25, -0.2) is 0 Å². The predicted octanol–water partition coefficient (Wildman–Crippen LogP) is 3.68. The van der Waals surface area contributed by atoms with Crippen molar-refractivity contribution in [1.82, 2.24) is 5.32 Å². The topological polar surface area (TPSA) is 12.0 Å². The number of hydrogen-bond acceptors (Lipinski definition) is 2. The molecule has 0 amide bonds. The molecule has 1 N–H and O–H groups in total. The molecule has 0 radical (unpaired) electrons. The van der Waals surface area contributed by atoms with E-state index in [0.717, 1.165) is 17.0 Å². The summed E-state index contributed by atoms with van der Waals surface area (Å²) in [4.78, 5) is 0. The van der Waals surface area contributed by atoms with Crippen molar-refractivity contribution in [2.24, 2.45) is 0 Å². The first-order valence-corrected chi connectivity index (χ1v) is 6.98. The average Bonchev–Trinajstić information content (AvgIpc) is 2.13. The third kappa shape index (κ3) is 5.92. The molecule has 0 saturated carbocycles. The lowest BCUT2D eigenvalue weighted by Gasteiger charge is -2.27. The van der Waals surface area contributed by atoms with Gasteiger partial charge in [-0.15, -0.1) is 0 Å². The maximum atomic E-state index is 3.62. The molecule has 0 rings (SSSR count). The van der Waals surface area contributed by atoms with Gasteiger partial charge in [0, 0.05) is 11.3 Å². The highest BCUT2D eigenvalue weighted by molar-refractivity contribution is 8.00. The average molecular weight is 217 g/mol. The monoisotopic (exact) mass is 217 g/mol. The first-order valence-electron chi connectivity index (χ1n) is 6.04. The number of rotatable bonds is 8. The molecule has 0 aliphatic heterocycles. The summed E-state index contributed by atoms with van der Waals surface area (Å²) < 4.78 is 0. The van der Waals surface area contributed by atoms with Crippen molar-refractivity contribution in [3.05, 3.63) is 0 Å². The van der Waals surface area contributed by atoms with Crippen LogP contribution >= 0.6 is 11.8 Å². The second-order valence-electron chi connectivity index (χ2n) is 4.08. The molecule has 2 atom stereocenters. The molecule has 0 saturated heterocycles. The zero-order valence-electron chi connectivity index (χ0n) is 10.5. The van der Waals surface area contributed by atoms with Crippen LogP contribution in [0.25, 0.3) is 0 Å². The van der Waals surface area contributed by atoms with Crippen molar-refractivity contribution < 1.29 is 0 Å². The Hall–Kier alpha value is 0.310. The van der Waals surface area contributed by atoms with Crippen LogP contribution in [0.2, 0.25) is 0 Å². The number of hydrogen-bond donors (Lipinski definition) is 1. The molecule has 86 valence electrons. The van der Waals surface area contributed by atoms with E-state index in [1.807, 2.05) is 0 Å². The van der Waals surface area contributed by atoms with Crippen molar-refractivity contribution in [1.29, 1.82) is 0 Å². The maximum absolute atomic E-state index is 3.62. The molecule has 0 aromatic carbocycles. The van der Waals surface area contributed by atoms with Gasteiger partial charge in [-0.1, -0.05) is 41.0 Å². The van der Waals surface area contributed by atoms with E-state index in [0.29, 0.717) is 6.04 Å². The standard InChI is InChI=1S/C12H27NS/c1-6-9-11(13-8-3)12(7-2)14-10(4)5/h10-13H,6-9H2,1-5H3. The van der Waals surface area contributed by atoms with Gasteiger partial charge in [0.15, 0.2) is 0 Å². The largest absolute Gasteiger partial charge is 0.313 e. The Bertz CT molecular complexity index is 119. The normalized spacial score (nSPS) is 15.9. The van der Waals surface area contributed by atoms with Crippen molar-refractivity contribution >= 4 is 11.8 Å². The van der Waals surface area contributed by atoms with E-state index in [-0.39, 0.29) is 0 Å². The molecule has 0 heterocycles. The van der Waals surface area contributed by atoms with Gasteiger partial charge in [0.25, 0.3) is 0 Å². The lowest BCUT2D eigenvalue weighted by Crippen LogP contribution is -2.38. The molecule has 0 aliphatic rings. The molecule has 2 heteroatoms. The van der Waals surface area contributed by atoms with Crippen LogP contribution in [0.1, 0.15) is 53.9 Å². The second-order valence-corrected chi connectivity index (χ2v) is 5.90. The Morgan fingerprint density at radius 3 is 2.14 bits per heavy atom. The van der Waals surface area contributed by atoms with Crippen molar-refractivity contribution in [3.8, 4) is 0 Å². The van der Waals surface area contributed by atoms with E-state index in [2.05, 4.69) is 51.7 Å². The molecular weight excluding hydrogens is 190 g/mol. The Morgan fingerprint density at radius 1 is 1.14 bits per heavy atom. The molecule has 0 aromatic heterocycles. The molecule has 0 spiro atoms. The minimum Gasteiger partial charge on any atom is -0.313 e. The summed E-state index contributed by atoms with van der Waals surface area (Å²) in [6.07, 6.45) is 3.87. The quantitative estimate of drug-likeness (QED) is 0.665. The van der Waals surface area contributed by atoms with Gasteiger partial charge in [0.05, 0.1) is 0 Å². The predicted molar refractivity (Wildman–Crippen MR) is 69.2 cm³/mol. The van der Waals surface area contributed by atoms with Gasteiger partial charge in [0.2, 0.25) is 0 Å². The SMILES string of the molecule is CCCC(NCC)C(CC)SC(C)C. The Kier molecular flexibility index (Phi) is 8.80. The summed E-state index contributed by atoms with van der Waals surface area (Å²) in [6, 6.07) is 0.711. The zero-order chi connectivity index (χ0) is 11.0. The summed E-state index contributed by atoms with van der Waals surface area (Å²) in [6.45, 7) is 12.5. The van der Waals surface area contributed by atoms with Gasteiger partial charge in [-0.3, -0.25) is 0 Å². The molecule has 1 nitrogen and oxygen atoms in total. The van der Waals surface area contributed by atoms with Crippen LogP contribution in [0.5, 0.6) is 0 Å². The van der Waals surface area contributed by atoms with Gasteiger partial charge < -0.3 is 5.32 Å². The van der Waals surface area contributed by atoms with Gasteiger partial charge in [-0.05, 0) is 24.6 Å². The van der Waals surface area contributed by atoms with Gasteiger partial charge >= 0.3 is 0 Å². The van der Waals surface area contributed by atoms with Gasteiger partial charge in [0.1, 0.15) is 0 Å². The summed E-state index contributed by atoms with van der Waals surface area (Å²) in [5, 5.41) is 5.15. The highest BCUT2D eigenvalue weighted by atomic mass is 32.2. The minimum absolute atomic E-state index is 0.711. The van der Waals surface area contributed by atoms with Crippen molar-refractivity contribution in [3.63, 3.8) is 0 Å². The molecule has 14 heavy (non-hydrogen) atoms. The first kappa shape index (κ1) is 14.3. The third-order valence-electron chi connectivity index (χ3n) is 2.36. The van der Waals surface area contributed by atoms with E-state index in [1.165, 1.54) is 19.3 Å². The molecule has 0 bridgehead atoms. The third-order valence-corrected chi connectivity index (χ3v) is 3.92. The zero-order valence-corrected chi connectivity index (χ0v) is 11.3. The van der Waals surface area contributed by atoms with Crippen LogP contribution < -0.4 is 5.32 Å². The second kappa shape index (κ2) is 8.60. The fourth-order valence-electron chi connectivity index (χ4n) is 1.82. The fourth-order valence-corrected chi connectivity index (χ4v) is 3.13. The van der Waals surface area contributed by atoms with Gasteiger partial charge in [-0.2, -0.15) is 11.8 Å². The molecule has 2 unspecified atom stereocenters. The highest BCUT2D eigenvalue weighted by Gasteiger charge is 2.19. The van der Waals surface area contributed by atoms with E-state index in [1.54, 1.807) is 0 Å². The van der Waals surface area contributed by atoms with Crippen LogP contribution in [-0.2, 0) is 0 Å². The lowest BCUT2D eigenvalue weighted by atomic mass is 10.1. The minimum atomic E-state index is 0.711. The van der Waals surface area contributed by atoms with Crippen LogP contribution in [0, 0.1) is 0 Å². The fraction of sp³-hybridized carbons (Fsp3) is 1.00. The van der Waals surface area contributed by atoms with Crippen LogP contribution in [0.4, 0.5) is 0 Å².